The van der Waals surface area contributed by atoms with E-state index in [1.54, 1.807) is 0 Å². The zero-order chi connectivity index (χ0) is 16.5. The largest absolute Gasteiger partial charge is 0.494 e. The van der Waals surface area contributed by atoms with Crippen LogP contribution in [0.1, 0.15) is 20.3 Å². The van der Waals surface area contributed by atoms with Gasteiger partial charge in [-0.25, -0.2) is 0 Å². The van der Waals surface area contributed by atoms with Crippen LogP contribution in [0, 0.1) is 0 Å². The minimum absolute atomic E-state index is 0.267. The first-order valence-corrected chi connectivity index (χ1v) is 8.78. The molecule has 1 heterocycles. The first-order chi connectivity index (χ1) is 11.2. The lowest BCUT2D eigenvalue weighted by Gasteiger charge is -2.36. The lowest BCUT2D eigenvalue weighted by atomic mass is 10.2. The van der Waals surface area contributed by atoms with Gasteiger partial charge in [0, 0.05) is 51.5 Å². The molecule has 2 N–H and O–H groups in total. The summed E-state index contributed by atoms with van der Waals surface area (Å²) in [6.07, 6.45) is 0.770. The Kier molecular flexibility index (Phi) is 7.65. The van der Waals surface area contributed by atoms with E-state index in [4.69, 9.17) is 4.74 Å². The van der Waals surface area contributed by atoms with E-state index in [-0.39, 0.29) is 6.10 Å². The van der Waals surface area contributed by atoms with Crippen molar-refractivity contribution in [1.29, 1.82) is 0 Å². The smallest absolute Gasteiger partial charge is 0.119 e. The molecular weight excluding hydrogens is 290 g/mol. The van der Waals surface area contributed by atoms with E-state index >= 15 is 0 Å². The van der Waals surface area contributed by atoms with E-state index in [1.807, 2.05) is 6.92 Å². The summed E-state index contributed by atoms with van der Waals surface area (Å²) in [4.78, 5) is 4.91. The predicted octanol–water partition coefficient (Wildman–Crippen LogP) is 1.57. The van der Waals surface area contributed by atoms with Crippen LogP contribution in [0.5, 0.6) is 5.75 Å². The summed E-state index contributed by atoms with van der Waals surface area (Å²) in [5.41, 5.74) is 1.28. The summed E-state index contributed by atoms with van der Waals surface area (Å²) in [5.74, 6) is 0.957. The Morgan fingerprint density at radius 3 is 2.48 bits per heavy atom. The maximum Gasteiger partial charge on any atom is 0.119 e. The van der Waals surface area contributed by atoms with Gasteiger partial charge in [0.25, 0.3) is 0 Å². The molecule has 1 unspecified atom stereocenters. The fourth-order valence-corrected chi connectivity index (χ4v) is 2.75. The molecular formula is C18H31N3O2. The standard InChI is InChI=1S/C18H31N3O2/c1-3-14-23-18-6-4-17(5-7-18)21-12-10-20(11-13-21)9-8-19-15-16(2)22/h4-7,16,19,22H,3,8-15H2,1-2H3. The quantitative estimate of drug-likeness (QED) is 0.676. The predicted molar refractivity (Wildman–Crippen MR) is 95.4 cm³/mol. The highest BCUT2D eigenvalue weighted by atomic mass is 16.5. The average Bonchev–Trinajstić information content (AvgIpc) is 2.58. The van der Waals surface area contributed by atoms with Crippen LogP contribution < -0.4 is 15.0 Å². The number of aliphatic hydroxyl groups is 1. The lowest BCUT2D eigenvalue weighted by Crippen LogP contribution is -2.48. The normalized spacial score (nSPS) is 17.3. The average molecular weight is 321 g/mol. The molecule has 5 heteroatoms. The molecule has 1 fully saturated rings. The SMILES string of the molecule is CCCOc1ccc(N2CCN(CCNCC(C)O)CC2)cc1. The Morgan fingerprint density at radius 2 is 1.87 bits per heavy atom. The van der Waals surface area contributed by atoms with Crippen molar-refractivity contribution < 1.29 is 9.84 Å². The summed E-state index contributed by atoms with van der Waals surface area (Å²) < 4.78 is 5.63. The van der Waals surface area contributed by atoms with E-state index in [0.717, 1.165) is 58.0 Å². The molecule has 0 bridgehead atoms. The summed E-state index contributed by atoms with van der Waals surface area (Å²) in [6.45, 7) is 11.7. The van der Waals surface area contributed by atoms with Crippen LogP contribution in [0.3, 0.4) is 0 Å². The van der Waals surface area contributed by atoms with Gasteiger partial charge in [0.2, 0.25) is 0 Å². The van der Waals surface area contributed by atoms with Crippen molar-refractivity contribution in [1.82, 2.24) is 10.2 Å². The molecule has 5 nitrogen and oxygen atoms in total. The molecule has 0 radical (unpaired) electrons. The van der Waals surface area contributed by atoms with E-state index in [2.05, 4.69) is 46.3 Å². The molecule has 0 aliphatic carbocycles. The third kappa shape index (κ3) is 6.37. The third-order valence-corrected chi connectivity index (χ3v) is 4.09. The third-order valence-electron chi connectivity index (χ3n) is 4.09. The van der Waals surface area contributed by atoms with E-state index in [0.29, 0.717) is 6.54 Å². The molecule has 0 saturated carbocycles. The van der Waals surface area contributed by atoms with Gasteiger partial charge >= 0.3 is 0 Å². The molecule has 2 rings (SSSR count). The van der Waals surface area contributed by atoms with Crippen molar-refractivity contribution in [2.24, 2.45) is 0 Å². The second kappa shape index (κ2) is 9.75. The van der Waals surface area contributed by atoms with Crippen LogP contribution in [-0.2, 0) is 0 Å². The maximum absolute atomic E-state index is 9.23. The highest BCUT2D eigenvalue weighted by Crippen LogP contribution is 2.20. The first kappa shape index (κ1) is 18.0. The molecule has 1 aromatic carbocycles. The van der Waals surface area contributed by atoms with Crippen LogP contribution in [-0.4, -0.2) is 68.5 Å². The maximum atomic E-state index is 9.23. The minimum atomic E-state index is -0.267. The van der Waals surface area contributed by atoms with Crippen molar-refractivity contribution in [3.8, 4) is 5.75 Å². The molecule has 1 aliphatic heterocycles. The topological polar surface area (TPSA) is 48.0 Å². The Balaban J connectivity index is 1.69. The monoisotopic (exact) mass is 321 g/mol. The second-order valence-corrected chi connectivity index (χ2v) is 6.22. The molecule has 1 saturated heterocycles. The van der Waals surface area contributed by atoms with Gasteiger partial charge in [-0.15, -0.1) is 0 Å². The number of nitrogens with zero attached hydrogens (tertiary/aromatic N) is 2. The number of piperazine rings is 1. The molecule has 1 atom stereocenters. The number of aliphatic hydroxyl groups excluding tert-OH is 1. The molecule has 0 spiro atoms. The Bertz CT molecular complexity index is 428. The Labute approximate surface area is 140 Å². The van der Waals surface area contributed by atoms with Gasteiger partial charge in [0.15, 0.2) is 0 Å². The highest BCUT2D eigenvalue weighted by molar-refractivity contribution is 5.49. The number of hydrogen-bond donors (Lipinski definition) is 2. The van der Waals surface area contributed by atoms with Crippen molar-refractivity contribution in [2.75, 3.05) is 57.3 Å². The van der Waals surface area contributed by atoms with Gasteiger partial charge in [-0.2, -0.15) is 0 Å². The Hall–Kier alpha value is -1.30. The molecule has 0 amide bonds. The van der Waals surface area contributed by atoms with Crippen LogP contribution in [0.15, 0.2) is 24.3 Å². The Morgan fingerprint density at radius 1 is 1.17 bits per heavy atom. The van der Waals surface area contributed by atoms with Crippen molar-refractivity contribution >= 4 is 5.69 Å². The fraction of sp³-hybridized carbons (Fsp3) is 0.667. The number of benzene rings is 1. The summed E-state index contributed by atoms with van der Waals surface area (Å²) in [6, 6.07) is 8.45. The summed E-state index contributed by atoms with van der Waals surface area (Å²) >= 11 is 0. The van der Waals surface area contributed by atoms with Gasteiger partial charge in [-0.1, -0.05) is 6.92 Å². The van der Waals surface area contributed by atoms with Crippen LogP contribution in [0.2, 0.25) is 0 Å². The number of ether oxygens (including phenoxy) is 1. The number of hydrogen-bond acceptors (Lipinski definition) is 5. The summed E-state index contributed by atoms with van der Waals surface area (Å²) in [7, 11) is 0. The number of nitrogens with one attached hydrogen (secondary N) is 1. The van der Waals surface area contributed by atoms with Gasteiger partial charge in [-0.3, -0.25) is 4.90 Å². The lowest BCUT2D eigenvalue weighted by molar-refractivity contribution is 0.187. The van der Waals surface area contributed by atoms with Crippen molar-refractivity contribution in [2.45, 2.75) is 26.4 Å². The van der Waals surface area contributed by atoms with Crippen molar-refractivity contribution in [3.05, 3.63) is 24.3 Å². The van der Waals surface area contributed by atoms with Crippen LogP contribution in [0.25, 0.3) is 0 Å². The van der Waals surface area contributed by atoms with E-state index in [9.17, 15) is 5.11 Å². The second-order valence-electron chi connectivity index (χ2n) is 6.22. The van der Waals surface area contributed by atoms with Gasteiger partial charge in [0.05, 0.1) is 12.7 Å². The molecule has 0 aromatic heterocycles. The zero-order valence-electron chi connectivity index (χ0n) is 14.5. The molecule has 130 valence electrons. The highest BCUT2D eigenvalue weighted by Gasteiger charge is 2.16. The van der Waals surface area contributed by atoms with E-state index in [1.165, 1.54) is 5.69 Å². The van der Waals surface area contributed by atoms with Gasteiger partial charge < -0.3 is 20.1 Å². The number of rotatable bonds is 9. The van der Waals surface area contributed by atoms with Crippen molar-refractivity contribution in [3.63, 3.8) is 0 Å². The summed E-state index contributed by atoms with van der Waals surface area (Å²) in [5, 5.41) is 12.5. The fourth-order valence-electron chi connectivity index (χ4n) is 2.75. The zero-order valence-corrected chi connectivity index (χ0v) is 14.5. The van der Waals surface area contributed by atoms with Gasteiger partial charge in [-0.05, 0) is 37.6 Å². The van der Waals surface area contributed by atoms with Crippen LogP contribution in [0.4, 0.5) is 5.69 Å². The number of anilines is 1. The van der Waals surface area contributed by atoms with Gasteiger partial charge in [0.1, 0.15) is 5.75 Å². The molecule has 1 aromatic rings. The van der Waals surface area contributed by atoms with E-state index < -0.39 is 0 Å². The first-order valence-electron chi connectivity index (χ1n) is 8.78. The molecule has 1 aliphatic rings. The minimum Gasteiger partial charge on any atom is -0.494 e. The van der Waals surface area contributed by atoms with Crippen LogP contribution >= 0.6 is 0 Å². The molecule has 23 heavy (non-hydrogen) atoms.